The van der Waals surface area contributed by atoms with Crippen LogP contribution in [-0.2, 0) is 12.3 Å². The Bertz CT molecular complexity index is 537. The maximum absolute atomic E-state index is 6.16. The Hall–Kier alpha value is -0.960. The third kappa shape index (κ3) is 4.86. The monoisotopic (exact) mass is 305 g/mol. The smallest absolute Gasteiger partial charge is 0.0446 e. The molecule has 0 aliphatic rings. The maximum Gasteiger partial charge on any atom is 0.0446 e. The second-order valence-corrected chi connectivity index (χ2v) is 6.52. The van der Waals surface area contributed by atoms with Gasteiger partial charge in [0.2, 0.25) is 0 Å². The molecule has 20 heavy (non-hydrogen) atoms. The molecule has 0 aromatic heterocycles. The standard InChI is InChI=1S/C17H20ClNS/c1-13(2)19-11-14-7-9-16(10-8-14)20-12-15-5-3-4-6-17(15)18/h3-10,13,19H,11-12H2,1-2H3. The van der Waals surface area contributed by atoms with Crippen LogP contribution >= 0.6 is 23.4 Å². The molecule has 0 saturated heterocycles. The average molecular weight is 306 g/mol. The molecule has 0 unspecified atom stereocenters. The molecular weight excluding hydrogens is 286 g/mol. The highest BCUT2D eigenvalue weighted by Gasteiger charge is 2.01. The quantitative estimate of drug-likeness (QED) is 0.742. The lowest BCUT2D eigenvalue weighted by atomic mass is 10.2. The van der Waals surface area contributed by atoms with Crippen LogP contribution in [0.15, 0.2) is 53.4 Å². The van der Waals surface area contributed by atoms with Crippen LogP contribution in [0.4, 0.5) is 0 Å². The van der Waals surface area contributed by atoms with E-state index in [1.165, 1.54) is 16.0 Å². The lowest BCUT2D eigenvalue weighted by Crippen LogP contribution is -2.21. The third-order valence-electron chi connectivity index (χ3n) is 2.99. The molecule has 2 rings (SSSR count). The van der Waals surface area contributed by atoms with Crippen molar-refractivity contribution in [1.29, 1.82) is 0 Å². The number of nitrogens with one attached hydrogen (secondary N) is 1. The molecule has 0 heterocycles. The second-order valence-electron chi connectivity index (χ2n) is 5.06. The summed E-state index contributed by atoms with van der Waals surface area (Å²) in [6.45, 7) is 5.24. The minimum Gasteiger partial charge on any atom is -0.310 e. The van der Waals surface area contributed by atoms with Crippen LogP contribution in [0.25, 0.3) is 0 Å². The van der Waals surface area contributed by atoms with E-state index in [1.807, 2.05) is 30.0 Å². The SMILES string of the molecule is CC(C)NCc1ccc(SCc2ccccc2Cl)cc1. The highest BCUT2D eigenvalue weighted by molar-refractivity contribution is 7.98. The highest BCUT2D eigenvalue weighted by atomic mass is 35.5. The van der Waals surface area contributed by atoms with E-state index in [0.29, 0.717) is 6.04 Å². The van der Waals surface area contributed by atoms with E-state index in [2.05, 4.69) is 49.5 Å². The van der Waals surface area contributed by atoms with Crippen molar-refractivity contribution in [2.75, 3.05) is 0 Å². The summed E-state index contributed by atoms with van der Waals surface area (Å²) < 4.78 is 0. The number of halogens is 1. The first-order valence-corrected chi connectivity index (χ1v) is 8.20. The summed E-state index contributed by atoms with van der Waals surface area (Å²) in [6.07, 6.45) is 0. The summed E-state index contributed by atoms with van der Waals surface area (Å²) >= 11 is 7.98. The van der Waals surface area contributed by atoms with Gasteiger partial charge in [0.25, 0.3) is 0 Å². The Morgan fingerprint density at radius 2 is 1.75 bits per heavy atom. The molecular formula is C17H20ClNS. The van der Waals surface area contributed by atoms with Crippen molar-refractivity contribution in [2.45, 2.75) is 37.1 Å². The van der Waals surface area contributed by atoms with Gasteiger partial charge in [-0.3, -0.25) is 0 Å². The molecule has 0 bridgehead atoms. The summed E-state index contributed by atoms with van der Waals surface area (Å²) in [5.41, 5.74) is 2.51. The van der Waals surface area contributed by atoms with E-state index >= 15 is 0 Å². The highest BCUT2D eigenvalue weighted by Crippen LogP contribution is 2.26. The number of hydrogen-bond acceptors (Lipinski definition) is 2. The normalized spacial score (nSPS) is 11.0. The fraction of sp³-hybridized carbons (Fsp3) is 0.294. The summed E-state index contributed by atoms with van der Waals surface area (Å²) in [5, 5.41) is 4.27. The van der Waals surface area contributed by atoms with Crippen LogP contribution in [0.2, 0.25) is 5.02 Å². The molecule has 1 N–H and O–H groups in total. The first-order valence-electron chi connectivity index (χ1n) is 6.83. The zero-order chi connectivity index (χ0) is 14.4. The zero-order valence-corrected chi connectivity index (χ0v) is 13.5. The van der Waals surface area contributed by atoms with Gasteiger partial charge in [-0.15, -0.1) is 11.8 Å². The van der Waals surface area contributed by atoms with Gasteiger partial charge >= 0.3 is 0 Å². The minimum absolute atomic E-state index is 0.518. The van der Waals surface area contributed by atoms with E-state index in [0.717, 1.165) is 17.3 Å². The van der Waals surface area contributed by atoms with Gasteiger partial charge in [-0.05, 0) is 29.3 Å². The minimum atomic E-state index is 0.518. The van der Waals surface area contributed by atoms with Gasteiger partial charge in [0.05, 0.1) is 0 Å². The average Bonchev–Trinajstić information content (AvgIpc) is 2.45. The summed E-state index contributed by atoms with van der Waals surface area (Å²) in [7, 11) is 0. The Morgan fingerprint density at radius 3 is 2.40 bits per heavy atom. The predicted octanol–water partition coefficient (Wildman–Crippen LogP) is 5.13. The van der Waals surface area contributed by atoms with Crippen molar-refractivity contribution < 1.29 is 0 Å². The molecule has 0 spiro atoms. The molecule has 0 fully saturated rings. The van der Waals surface area contributed by atoms with Crippen molar-refractivity contribution >= 4 is 23.4 Å². The topological polar surface area (TPSA) is 12.0 Å². The third-order valence-corrected chi connectivity index (χ3v) is 4.42. The van der Waals surface area contributed by atoms with E-state index in [9.17, 15) is 0 Å². The Kier molecular flexibility index (Phi) is 5.96. The molecule has 0 aliphatic carbocycles. The van der Waals surface area contributed by atoms with Gasteiger partial charge < -0.3 is 5.32 Å². The van der Waals surface area contributed by atoms with E-state index < -0.39 is 0 Å². The van der Waals surface area contributed by atoms with Gasteiger partial charge in [-0.1, -0.05) is 55.8 Å². The van der Waals surface area contributed by atoms with Crippen molar-refractivity contribution in [1.82, 2.24) is 5.32 Å². The van der Waals surface area contributed by atoms with Crippen LogP contribution in [0, 0.1) is 0 Å². The number of hydrogen-bond donors (Lipinski definition) is 1. The zero-order valence-electron chi connectivity index (χ0n) is 11.9. The van der Waals surface area contributed by atoms with E-state index in [4.69, 9.17) is 11.6 Å². The number of thioether (sulfide) groups is 1. The molecule has 0 saturated carbocycles. The predicted molar refractivity (Wildman–Crippen MR) is 89.4 cm³/mol. The Labute approximate surface area is 130 Å². The van der Waals surface area contributed by atoms with Gasteiger partial charge in [-0.25, -0.2) is 0 Å². The molecule has 0 amide bonds. The number of benzene rings is 2. The fourth-order valence-corrected chi connectivity index (χ4v) is 2.99. The van der Waals surface area contributed by atoms with Crippen molar-refractivity contribution in [3.05, 3.63) is 64.7 Å². The molecule has 3 heteroatoms. The molecule has 106 valence electrons. The molecule has 0 atom stereocenters. The van der Waals surface area contributed by atoms with Crippen LogP contribution in [0.3, 0.4) is 0 Å². The summed E-state index contributed by atoms with van der Waals surface area (Å²) in [5.74, 6) is 0.906. The van der Waals surface area contributed by atoms with Crippen LogP contribution in [-0.4, -0.2) is 6.04 Å². The van der Waals surface area contributed by atoms with Crippen LogP contribution in [0.1, 0.15) is 25.0 Å². The molecule has 0 aliphatic heterocycles. The van der Waals surface area contributed by atoms with Gasteiger partial charge in [0.1, 0.15) is 0 Å². The summed E-state index contributed by atoms with van der Waals surface area (Å²) in [6, 6.07) is 17.3. The number of rotatable bonds is 6. The lowest BCUT2D eigenvalue weighted by Gasteiger charge is -2.09. The van der Waals surface area contributed by atoms with Gasteiger partial charge in [0, 0.05) is 28.3 Å². The Morgan fingerprint density at radius 1 is 1.05 bits per heavy atom. The second kappa shape index (κ2) is 7.72. The fourth-order valence-electron chi connectivity index (χ4n) is 1.80. The first kappa shape index (κ1) is 15.4. The van der Waals surface area contributed by atoms with Crippen LogP contribution in [0.5, 0.6) is 0 Å². The molecule has 0 radical (unpaired) electrons. The van der Waals surface area contributed by atoms with Gasteiger partial charge in [0.15, 0.2) is 0 Å². The van der Waals surface area contributed by atoms with E-state index in [1.54, 1.807) is 0 Å². The summed E-state index contributed by atoms with van der Waals surface area (Å²) in [4.78, 5) is 1.28. The van der Waals surface area contributed by atoms with Crippen molar-refractivity contribution in [3.63, 3.8) is 0 Å². The molecule has 2 aromatic carbocycles. The van der Waals surface area contributed by atoms with Crippen LogP contribution < -0.4 is 5.32 Å². The van der Waals surface area contributed by atoms with E-state index in [-0.39, 0.29) is 0 Å². The first-order chi connectivity index (χ1) is 9.65. The largest absolute Gasteiger partial charge is 0.310 e. The lowest BCUT2D eigenvalue weighted by molar-refractivity contribution is 0.588. The Balaban J connectivity index is 1.89. The molecule has 2 aromatic rings. The van der Waals surface area contributed by atoms with Crippen molar-refractivity contribution in [2.24, 2.45) is 0 Å². The molecule has 1 nitrogen and oxygen atoms in total. The van der Waals surface area contributed by atoms with Gasteiger partial charge in [-0.2, -0.15) is 0 Å². The maximum atomic E-state index is 6.16. The van der Waals surface area contributed by atoms with Crippen molar-refractivity contribution in [3.8, 4) is 0 Å².